The van der Waals surface area contributed by atoms with E-state index in [0.717, 1.165) is 25.5 Å². The number of benzene rings is 1. The minimum atomic E-state index is -0.788. The monoisotopic (exact) mass is 197 g/mol. The lowest BCUT2D eigenvalue weighted by molar-refractivity contribution is 0.413. The summed E-state index contributed by atoms with van der Waals surface area (Å²) in [6.45, 7) is 0.891. The number of nitrogens with one attached hydrogen (secondary N) is 1. The second-order valence-electron chi connectivity index (χ2n) is 3.51. The highest BCUT2D eigenvalue weighted by Crippen LogP contribution is 2.34. The number of aromatic hydroxyl groups is 2. The maximum atomic E-state index is 12.8. The minimum Gasteiger partial charge on any atom is -0.507 e. The predicted molar refractivity (Wildman–Crippen MR) is 49.7 cm³/mol. The van der Waals surface area contributed by atoms with Crippen LogP contribution in [0.4, 0.5) is 4.39 Å². The van der Waals surface area contributed by atoms with Crippen molar-refractivity contribution in [3.05, 3.63) is 23.5 Å². The molecular formula is C10H12FNO2. The highest BCUT2D eigenvalue weighted by atomic mass is 19.1. The number of hydrogen-bond donors (Lipinski definition) is 3. The molecule has 14 heavy (non-hydrogen) atoms. The summed E-state index contributed by atoms with van der Waals surface area (Å²) in [4.78, 5) is 0. The molecule has 2 rings (SSSR count). The summed E-state index contributed by atoms with van der Waals surface area (Å²) >= 11 is 0. The van der Waals surface area contributed by atoms with Gasteiger partial charge in [0.05, 0.1) is 0 Å². The van der Waals surface area contributed by atoms with Crippen molar-refractivity contribution in [3.63, 3.8) is 0 Å². The average molecular weight is 197 g/mol. The van der Waals surface area contributed by atoms with Gasteiger partial charge in [-0.3, -0.25) is 0 Å². The number of phenolic OH excluding ortho intramolecular Hbond substituents is 2. The summed E-state index contributed by atoms with van der Waals surface area (Å²) in [7, 11) is 0. The lowest BCUT2D eigenvalue weighted by Crippen LogP contribution is -2.12. The van der Waals surface area contributed by atoms with E-state index in [1.807, 2.05) is 0 Å². The third-order valence-electron chi connectivity index (χ3n) is 2.53. The maximum absolute atomic E-state index is 12.8. The SMILES string of the molecule is Oc1cc(C2CCCN2)c(O)cc1F. The first-order valence-electron chi connectivity index (χ1n) is 4.63. The van der Waals surface area contributed by atoms with Crippen molar-refractivity contribution in [3.8, 4) is 11.5 Å². The van der Waals surface area contributed by atoms with Crippen molar-refractivity contribution in [2.75, 3.05) is 6.54 Å². The first-order valence-corrected chi connectivity index (χ1v) is 4.63. The van der Waals surface area contributed by atoms with E-state index in [1.165, 1.54) is 6.07 Å². The van der Waals surface area contributed by atoms with Crippen molar-refractivity contribution in [1.82, 2.24) is 5.32 Å². The van der Waals surface area contributed by atoms with E-state index < -0.39 is 11.6 Å². The molecule has 3 N–H and O–H groups in total. The van der Waals surface area contributed by atoms with E-state index in [-0.39, 0.29) is 11.8 Å². The Bertz CT molecular complexity index is 348. The zero-order valence-electron chi connectivity index (χ0n) is 7.63. The highest BCUT2D eigenvalue weighted by molar-refractivity contribution is 5.42. The lowest BCUT2D eigenvalue weighted by atomic mass is 10.0. The van der Waals surface area contributed by atoms with Gasteiger partial charge in [0.25, 0.3) is 0 Å². The molecule has 1 unspecified atom stereocenters. The Labute approximate surface area is 81.2 Å². The van der Waals surface area contributed by atoms with Crippen LogP contribution in [0.3, 0.4) is 0 Å². The summed E-state index contributed by atoms with van der Waals surface area (Å²) in [5.74, 6) is -1.30. The second kappa shape index (κ2) is 3.46. The molecule has 1 atom stereocenters. The molecule has 76 valence electrons. The molecule has 0 radical (unpaired) electrons. The van der Waals surface area contributed by atoms with E-state index in [4.69, 9.17) is 0 Å². The molecule has 1 fully saturated rings. The first-order chi connectivity index (χ1) is 6.68. The lowest BCUT2D eigenvalue weighted by Gasteiger charge is -2.12. The molecular weight excluding hydrogens is 185 g/mol. The Morgan fingerprint density at radius 3 is 2.71 bits per heavy atom. The van der Waals surface area contributed by atoms with Crippen LogP contribution in [0, 0.1) is 5.82 Å². The van der Waals surface area contributed by atoms with Gasteiger partial charge < -0.3 is 15.5 Å². The summed E-state index contributed by atoms with van der Waals surface area (Å²) in [6.07, 6.45) is 1.93. The van der Waals surface area contributed by atoms with Gasteiger partial charge in [-0.25, -0.2) is 4.39 Å². The molecule has 0 spiro atoms. The van der Waals surface area contributed by atoms with E-state index in [9.17, 15) is 14.6 Å². The Morgan fingerprint density at radius 2 is 2.07 bits per heavy atom. The van der Waals surface area contributed by atoms with Gasteiger partial charge in [0.15, 0.2) is 11.6 Å². The topological polar surface area (TPSA) is 52.5 Å². The van der Waals surface area contributed by atoms with E-state index in [1.54, 1.807) is 0 Å². The molecule has 0 saturated carbocycles. The van der Waals surface area contributed by atoms with Crippen molar-refractivity contribution in [2.45, 2.75) is 18.9 Å². The van der Waals surface area contributed by atoms with Crippen LogP contribution in [-0.4, -0.2) is 16.8 Å². The fourth-order valence-corrected chi connectivity index (χ4v) is 1.80. The van der Waals surface area contributed by atoms with Crippen LogP contribution in [0.15, 0.2) is 12.1 Å². The molecule has 1 aromatic rings. The third-order valence-corrected chi connectivity index (χ3v) is 2.53. The van der Waals surface area contributed by atoms with Crippen molar-refractivity contribution in [2.24, 2.45) is 0 Å². The molecule has 3 nitrogen and oxygen atoms in total. The third kappa shape index (κ3) is 1.53. The zero-order valence-corrected chi connectivity index (χ0v) is 7.63. The first kappa shape index (κ1) is 9.27. The Morgan fingerprint density at radius 1 is 1.29 bits per heavy atom. The fourth-order valence-electron chi connectivity index (χ4n) is 1.80. The number of halogens is 1. The predicted octanol–water partition coefficient (Wildman–Crippen LogP) is 1.66. The van der Waals surface area contributed by atoms with Crippen LogP contribution in [0.5, 0.6) is 11.5 Å². The number of hydrogen-bond acceptors (Lipinski definition) is 3. The molecule has 0 aromatic heterocycles. The number of phenols is 2. The van der Waals surface area contributed by atoms with Gasteiger partial charge >= 0.3 is 0 Å². The zero-order chi connectivity index (χ0) is 10.1. The van der Waals surface area contributed by atoms with Crippen LogP contribution < -0.4 is 5.32 Å². The quantitative estimate of drug-likeness (QED) is 0.600. The van der Waals surface area contributed by atoms with Crippen molar-refractivity contribution < 1.29 is 14.6 Å². The minimum absolute atomic E-state index is 0.0292. The van der Waals surface area contributed by atoms with Gasteiger partial charge in [-0.15, -0.1) is 0 Å². The normalized spacial score (nSPS) is 21.4. The van der Waals surface area contributed by atoms with Crippen LogP contribution in [0.25, 0.3) is 0 Å². The van der Waals surface area contributed by atoms with Crippen LogP contribution in [0.2, 0.25) is 0 Å². The van der Waals surface area contributed by atoms with E-state index >= 15 is 0 Å². The molecule has 1 aromatic carbocycles. The van der Waals surface area contributed by atoms with Gasteiger partial charge in [-0.1, -0.05) is 0 Å². The van der Waals surface area contributed by atoms with Crippen molar-refractivity contribution >= 4 is 0 Å². The molecule has 0 bridgehead atoms. The highest BCUT2D eigenvalue weighted by Gasteiger charge is 2.20. The molecule has 4 heteroatoms. The Kier molecular flexibility index (Phi) is 2.29. The molecule has 0 aliphatic carbocycles. The van der Waals surface area contributed by atoms with Gasteiger partial charge in [0, 0.05) is 17.7 Å². The molecule has 1 heterocycles. The van der Waals surface area contributed by atoms with Crippen molar-refractivity contribution in [1.29, 1.82) is 0 Å². The smallest absolute Gasteiger partial charge is 0.168 e. The molecule has 1 aliphatic heterocycles. The average Bonchev–Trinajstić information content (AvgIpc) is 2.64. The van der Waals surface area contributed by atoms with Crippen LogP contribution in [-0.2, 0) is 0 Å². The standard InChI is InChI=1S/C10H12FNO2/c11-7-5-9(13)6(4-10(7)14)8-2-1-3-12-8/h4-5,8,12-14H,1-3H2. The van der Waals surface area contributed by atoms with Crippen LogP contribution in [0.1, 0.15) is 24.4 Å². The van der Waals surface area contributed by atoms with E-state index in [2.05, 4.69) is 5.32 Å². The Hall–Kier alpha value is -1.29. The van der Waals surface area contributed by atoms with Gasteiger partial charge in [-0.05, 0) is 25.5 Å². The van der Waals surface area contributed by atoms with Gasteiger partial charge in [0.1, 0.15) is 5.75 Å². The maximum Gasteiger partial charge on any atom is 0.168 e. The fraction of sp³-hybridized carbons (Fsp3) is 0.400. The number of rotatable bonds is 1. The molecule has 0 amide bonds. The summed E-state index contributed by atoms with van der Waals surface area (Å²) in [5.41, 5.74) is 0.571. The van der Waals surface area contributed by atoms with Crippen LogP contribution >= 0.6 is 0 Å². The molecule has 1 aliphatic rings. The second-order valence-corrected chi connectivity index (χ2v) is 3.51. The molecule has 1 saturated heterocycles. The summed E-state index contributed by atoms with van der Waals surface area (Å²) < 4.78 is 12.8. The summed E-state index contributed by atoms with van der Waals surface area (Å²) in [6, 6.07) is 2.26. The van der Waals surface area contributed by atoms with Gasteiger partial charge in [-0.2, -0.15) is 0 Å². The summed E-state index contributed by atoms with van der Waals surface area (Å²) in [5, 5.41) is 21.8. The Balaban J connectivity index is 2.37. The van der Waals surface area contributed by atoms with Gasteiger partial charge in [0.2, 0.25) is 0 Å². The largest absolute Gasteiger partial charge is 0.507 e. The van der Waals surface area contributed by atoms with E-state index in [0.29, 0.717) is 5.56 Å².